The molecule has 170 valence electrons. The lowest BCUT2D eigenvalue weighted by molar-refractivity contribution is 0.579. The van der Waals surface area contributed by atoms with Crippen molar-refractivity contribution in [3.8, 4) is 0 Å². The monoisotopic (exact) mass is 444 g/mol. The molecular formula is C30H40OSi. The first kappa shape index (κ1) is 24.5. The normalized spacial score (nSPS) is 13.3. The van der Waals surface area contributed by atoms with Gasteiger partial charge in [0.25, 0.3) is 8.32 Å². The van der Waals surface area contributed by atoms with E-state index < -0.39 is 8.32 Å². The van der Waals surface area contributed by atoms with Gasteiger partial charge < -0.3 is 4.80 Å². The Morgan fingerprint density at radius 1 is 0.406 bits per heavy atom. The van der Waals surface area contributed by atoms with Crippen LogP contribution in [0.4, 0.5) is 0 Å². The Morgan fingerprint density at radius 3 is 0.750 bits per heavy atom. The summed E-state index contributed by atoms with van der Waals surface area (Å²) < 4.78 is 0. The Morgan fingerprint density at radius 2 is 0.594 bits per heavy atom. The Bertz CT molecular complexity index is 899. The molecule has 0 amide bonds. The highest BCUT2D eigenvalue weighted by Gasteiger charge is 2.39. The number of rotatable bonds is 3. The summed E-state index contributed by atoms with van der Waals surface area (Å²) in [5.74, 6) is 0. The summed E-state index contributed by atoms with van der Waals surface area (Å²) in [6.07, 6.45) is 0. The molecule has 2 heteroatoms. The molecule has 0 aromatic heterocycles. The zero-order chi connectivity index (χ0) is 23.9. The number of hydrogen-bond donors (Lipinski definition) is 1. The lowest BCUT2D eigenvalue weighted by Crippen LogP contribution is -2.67. The van der Waals surface area contributed by atoms with Crippen LogP contribution in [0, 0.1) is 0 Å². The Kier molecular flexibility index (Phi) is 6.36. The van der Waals surface area contributed by atoms with Crippen LogP contribution >= 0.6 is 0 Å². The average molecular weight is 445 g/mol. The van der Waals surface area contributed by atoms with E-state index in [4.69, 9.17) is 0 Å². The van der Waals surface area contributed by atoms with Gasteiger partial charge in [-0.15, -0.1) is 0 Å². The van der Waals surface area contributed by atoms with Crippen molar-refractivity contribution >= 4 is 23.9 Å². The maximum absolute atomic E-state index is 12.4. The van der Waals surface area contributed by atoms with E-state index in [1.54, 1.807) is 0 Å². The van der Waals surface area contributed by atoms with Gasteiger partial charge >= 0.3 is 0 Å². The van der Waals surface area contributed by atoms with Crippen molar-refractivity contribution < 1.29 is 4.80 Å². The molecule has 32 heavy (non-hydrogen) atoms. The predicted molar refractivity (Wildman–Crippen MR) is 142 cm³/mol. The fraction of sp³-hybridized carbons (Fsp3) is 0.400. The molecule has 0 heterocycles. The van der Waals surface area contributed by atoms with Crippen molar-refractivity contribution in [2.24, 2.45) is 0 Å². The first-order valence-electron chi connectivity index (χ1n) is 11.7. The van der Waals surface area contributed by atoms with Crippen LogP contribution in [0.2, 0.25) is 0 Å². The van der Waals surface area contributed by atoms with Crippen LogP contribution in [-0.4, -0.2) is 13.1 Å². The lowest BCUT2D eigenvalue weighted by Gasteiger charge is -2.30. The molecule has 0 bridgehead atoms. The van der Waals surface area contributed by atoms with Crippen molar-refractivity contribution in [2.45, 2.75) is 78.6 Å². The van der Waals surface area contributed by atoms with E-state index in [-0.39, 0.29) is 16.2 Å². The molecule has 0 atom stereocenters. The van der Waals surface area contributed by atoms with Crippen LogP contribution in [0.25, 0.3) is 0 Å². The van der Waals surface area contributed by atoms with Crippen LogP contribution in [0.1, 0.15) is 79.0 Å². The van der Waals surface area contributed by atoms with Gasteiger partial charge in [-0.1, -0.05) is 135 Å². The van der Waals surface area contributed by atoms with E-state index in [2.05, 4.69) is 135 Å². The van der Waals surface area contributed by atoms with Crippen LogP contribution in [0.15, 0.2) is 72.8 Å². The minimum absolute atomic E-state index is 0.0842. The zero-order valence-corrected chi connectivity index (χ0v) is 22.4. The van der Waals surface area contributed by atoms with Crippen molar-refractivity contribution in [2.75, 3.05) is 0 Å². The molecule has 0 aliphatic carbocycles. The van der Waals surface area contributed by atoms with Crippen LogP contribution < -0.4 is 15.6 Å². The molecule has 3 aromatic rings. The third-order valence-electron chi connectivity index (χ3n) is 6.51. The summed E-state index contributed by atoms with van der Waals surface area (Å²) in [5.41, 5.74) is 4.10. The zero-order valence-electron chi connectivity index (χ0n) is 21.4. The SMILES string of the molecule is CC(C)(C)c1ccc([Si](O)(c2ccc(C(C)(C)C)cc2)c2ccc(C(C)(C)C)cc2)cc1. The highest BCUT2D eigenvalue weighted by atomic mass is 28.4. The molecule has 0 spiro atoms. The van der Waals surface area contributed by atoms with Crippen molar-refractivity contribution in [1.82, 2.24) is 0 Å². The highest BCUT2D eigenvalue weighted by Crippen LogP contribution is 2.24. The van der Waals surface area contributed by atoms with Gasteiger partial charge in [-0.25, -0.2) is 0 Å². The lowest BCUT2D eigenvalue weighted by atomic mass is 9.87. The summed E-state index contributed by atoms with van der Waals surface area (Å²) in [6, 6.07) is 25.9. The van der Waals surface area contributed by atoms with Crippen molar-refractivity contribution in [1.29, 1.82) is 0 Å². The van der Waals surface area contributed by atoms with Crippen molar-refractivity contribution in [3.63, 3.8) is 0 Å². The summed E-state index contributed by atoms with van der Waals surface area (Å²) in [5, 5.41) is 3.08. The summed E-state index contributed by atoms with van der Waals surface area (Å²) in [4.78, 5) is 12.4. The first-order chi connectivity index (χ1) is 14.6. The topological polar surface area (TPSA) is 20.2 Å². The summed E-state index contributed by atoms with van der Waals surface area (Å²) in [6.45, 7) is 20.0. The Labute approximate surface area is 196 Å². The molecule has 0 radical (unpaired) electrons. The molecule has 0 aliphatic heterocycles. The molecule has 0 saturated heterocycles. The average Bonchev–Trinajstić information content (AvgIpc) is 2.71. The molecule has 3 rings (SSSR count). The van der Waals surface area contributed by atoms with Crippen LogP contribution in [-0.2, 0) is 16.2 Å². The van der Waals surface area contributed by atoms with Crippen LogP contribution in [0.3, 0.4) is 0 Å². The highest BCUT2D eigenvalue weighted by molar-refractivity contribution is 7.06. The Balaban J connectivity index is 2.17. The summed E-state index contributed by atoms with van der Waals surface area (Å²) in [7, 11) is -3.12. The van der Waals surface area contributed by atoms with E-state index in [9.17, 15) is 4.80 Å². The van der Waals surface area contributed by atoms with Gasteiger partial charge in [0, 0.05) is 0 Å². The van der Waals surface area contributed by atoms with Gasteiger partial charge in [-0.05, 0) is 48.5 Å². The number of hydrogen-bond acceptors (Lipinski definition) is 1. The minimum atomic E-state index is -3.12. The van der Waals surface area contributed by atoms with Gasteiger partial charge in [0.1, 0.15) is 0 Å². The standard InChI is InChI=1S/C30H40OSi/c1-28(2,3)22-10-16-25(17-11-22)32(31,26-18-12-23(13-19-26)29(4,5)6)27-20-14-24(15-21-27)30(7,8)9/h10-21,31H,1-9H3. The third-order valence-corrected chi connectivity index (χ3v) is 10.0. The smallest absolute Gasteiger partial charge is 0.285 e. The van der Waals surface area contributed by atoms with E-state index in [1.807, 2.05) is 0 Å². The van der Waals surface area contributed by atoms with E-state index in [0.717, 1.165) is 15.6 Å². The van der Waals surface area contributed by atoms with Gasteiger partial charge in [0.05, 0.1) is 0 Å². The maximum Gasteiger partial charge on any atom is 0.285 e. The van der Waals surface area contributed by atoms with Gasteiger partial charge in [-0.2, -0.15) is 0 Å². The van der Waals surface area contributed by atoms with Crippen LogP contribution in [0.5, 0.6) is 0 Å². The predicted octanol–water partition coefficient (Wildman–Crippen LogP) is 5.54. The number of benzene rings is 3. The molecule has 0 saturated carbocycles. The Hall–Kier alpha value is -2.16. The second kappa shape index (κ2) is 8.32. The molecule has 1 nitrogen and oxygen atoms in total. The first-order valence-corrected chi connectivity index (χ1v) is 13.6. The fourth-order valence-corrected chi connectivity index (χ4v) is 7.08. The molecule has 0 fully saturated rings. The van der Waals surface area contributed by atoms with Gasteiger partial charge in [-0.3, -0.25) is 0 Å². The summed E-state index contributed by atoms with van der Waals surface area (Å²) >= 11 is 0. The molecule has 0 aliphatic rings. The van der Waals surface area contributed by atoms with Gasteiger partial charge in [0.2, 0.25) is 0 Å². The van der Waals surface area contributed by atoms with E-state index in [1.165, 1.54) is 16.7 Å². The molecule has 0 unspecified atom stereocenters. The van der Waals surface area contributed by atoms with Gasteiger partial charge in [0.15, 0.2) is 0 Å². The maximum atomic E-state index is 12.4. The van der Waals surface area contributed by atoms with E-state index >= 15 is 0 Å². The third kappa shape index (κ3) is 4.92. The van der Waals surface area contributed by atoms with E-state index in [0.29, 0.717) is 0 Å². The molecule has 1 N–H and O–H groups in total. The molecule has 3 aromatic carbocycles. The second-order valence-electron chi connectivity index (χ2n) is 12.2. The largest absolute Gasteiger partial charge is 0.421 e. The second-order valence-corrected chi connectivity index (χ2v) is 15.3. The van der Waals surface area contributed by atoms with Crippen molar-refractivity contribution in [3.05, 3.63) is 89.5 Å². The molecular weight excluding hydrogens is 404 g/mol. The fourth-order valence-electron chi connectivity index (χ4n) is 4.13. The minimum Gasteiger partial charge on any atom is -0.421 e. The quantitative estimate of drug-likeness (QED) is 0.415.